The number of carbonyl (C=O) groups excluding carboxylic acids is 1. The van der Waals surface area contributed by atoms with Crippen LogP contribution in [0.1, 0.15) is 348 Å². The molecule has 3 atom stereocenters. The highest BCUT2D eigenvalue weighted by Gasteiger charge is 2.28. The van der Waals surface area contributed by atoms with Crippen LogP contribution in [0.25, 0.3) is 0 Å². The summed E-state index contributed by atoms with van der Waals surface area (Å²) >= 11 is 0. The second-order valence-corrected chi connectivity index (χ2v) is 25.7. The molecule has 8 nitrogen and oxygen atoms in total. The van der Waals surface area contributed by atoms with E-state index in [-0.39, 0.29) is 19.1 Å². The monoisotopic (exact) mass is 1070 g/mol. The van der Waals surface area contributed by atoms with Crippen LogP contribution in [-0.4, -0.2) is 73.4 Å². The largest absolute Gasteiger partial charge is 0.472 e. The van der Waals surface area contributed by atoms with Gasteiger partial charge in [-0.1, -0.05) is 315 Å². The Morgan fingerprint density at radius 1 is 0.446 bits per heavy atom. The van der Waals surface area contributed by atoms with Gasteiger partial charge in [-0.15, -0.1) is 0 Å². The Balaban J connectivity index is 4.01. The van der Waals surface area contributed by atoms with Crippen LogP contribution < -0.4 is 5.32 Å². The number of rotatable bonds is 62. The number of quaternary nitrogens is 1. The summed E-state index contributed by atoms with van der Waals surface area (Å²) in [6.45, 7) is 4.95. The molecule has 3 N–H and O–H groups in total. The van der Waals surface area contributed by atoms with E-state index in [1.165, 1.54) is 283 Å². The lowest BCUT2D eigenvalue weighted by Crippen LogP contribution is -2.46. The van der Waals surface area contributed by atoms with E-state index in [1.807, 2.05) is 21.1 Å². The van der Waals surface area contributed by atoms with Crippen LogP contribution in [0.4, 0.5) is 0 Å². The number of nitrogens with one attached hydrogen (secondary N) is 1. The maximum Gasteiger partial charge on any atom is 0.472 e. The predicted octanol–water partition coefficient (Wildman–Crippen LogP) is 20.6. The third-order valence-electron chi connectivity index (χ3n) is 15.5. The zero-order valence-electron chi connectivity index (χ0n) is 50.6. The molecule has 0 aliphatic heterocycles. The predicted molar refractivity (Wildman–Crippen MR) is 323 cm³/mol. The highest BCUT2D eigenvalue weighted by Crippen LogP contribution is 2.43. The summed E-state index contributed by atoms with van der Waals surface area (Å²) in [5, 5.41) is 14.1. The number of aliphatic hydroxyl groups excluding tert-OH is 1. The molecule has 0 saturated heterocycles. The molecule has 0 heterocycles. The van der Waals surface area contributed by atoms with Crippen molar-refractivity contribution >= 4 is 13.7 Å². The number of phosphoric acid groups is 1. The molecular formula is C65H132N2O6P+. The molecule has 0 spiro atoms. The van der Waals surface area contributed by atoms with Crippen molar-refractivity contribution in [3.05, 3.63) is 12.2 Å². The summed E-state index contributed by atoms with van der Waals surface area (Å²) in [5.74, 6) is -0.136. The number of nitrogens with zero attached hydrogens (tertiary/aromatic N) is 1. The number of phosphoric ester groups is 1. The highest BCUT2D eigenvalue weighted by atomic mass is 31.2. The molecule has 9 heteroatoms. The topological polar surface area (TPSA) is 105 Å². The number of allylic oxidation sites excluding steroid dienone is 2. The molecule has 0 aliphatic carbocycles. The molecule has 0 rings (SSSR count). The van der Waals surface area contributed by atoms with Gasteiger partial charge in [0.15, 0.2) is 0 Å². The number of likely N-dealkylation sites (N-methyl/N-ethyl adjacent to an activating group) is 1. The van der Waals surface area contributed by atoms with Gasteiger partial charge in [-0.3, -0.25) is 13.8 Å². The van der Waals surface area contributed by atoms with Crippen LogP contribution in [0.3, 0.4) is 0 Å². The van der Waals surface area contributed by atoms with Gasteiger partial charge in [-0.2, -0.15) is 0 Å². The fourth-order valence-electron chi connectivity index (χ4n) is 10.3. The van der Waals surface area contributed by atoms with Crippen LogP contribution in [0, 0.1) is 0 Å². The summed E-state index contributed by atoms with van der Waals surface area (Å²) in [6.07, 6.45) is 71.5. The van der Waals surface area contributed by atoms with E-state index in [1.54, 1.807) is 0 Å². The van der Waals surface area contributed by atoms with Crippen LogP contribution in [0.15, 0.2) is 12.2 Å². The van der Waals surface area contributed by atoms with E-state index in [9.17, 15) is 19.4 Å². The number of carbonyl (C=O) groups is 1. The Labute approximate surface area is 462 Å². The van der Waals surface area contributed by atoms with Crippen LogP contribution in [0.2, 0.25) is 0 Å². The van der Waals surface area contributed by atoms with Crippen LogP contribution in [0.5, 0.6) is 0 Å². The second-order valence-electron chi connectivity index (χ2n) is 24.2. The molecule has 0 bridgehead atoms. The van der Waals surface area contributed by atoms with Crippen molar-refractivity contribution in [1.82, 2.24) is 5.32 Å². The number of amides is 1. The zero-order valence-corrected chi connectivity index (χ0v) is 51.5. The summed E-state index contributed by atoms with van der Waals surface area (Å²) in [6, 6.07) is -0.758. The van der Waals surface area contributed by atoms with Crippen molar-refractivity contribution in [3.63, 3.8) is 0 Å². The minimum atomic E-state index is -4.32. The van der Waals surface area contributed by atoms with Gasteiger partial charge in [-0.05, 0) is 38.5 Å². The lowest BCUT2D eigenvalue weighted by molar-refractivity contribution is -0.870. The Kier molecular flexibility index (Phi) is 56.4. The average Bonchev–Trinajstić information content (AvgIpc) is 3.36. The maximum absolute atomic E-state index is 13.0. The molecule has 0 aliphatic rings. The molecular weight excluding hydrogens is 936 g/mol. The van der Waals surface area contributed by atoms with Gasteiger partial charge in [-0.25, -0.2) is 4.57 Å². The van der Waals surface area contributed by atoms with E-state index >= 15 is 0 Å². The van der Waals surface area contributed by atoms with Crippen molar-refractivity contribution in [2.24, 2.45) is 0 Å². The quantitative estimate of drug-likeness (QED) is 0.0243. The van der Waals surface area contributed by atoms with Gasteiger partial charge in [0, 0.05) is 6.42 Å². The van der Waals surface area contributed by atoms with Crippen LogP contribution in [-0.2, 0) is 18.4 Å². The Hall–Kier alpha value is -0.760. The normalized spacial score (nSPS) is 13.8. The van der Waals surface area contributed by atoms with Gasteiger partial charge >= 0.3 is 7.82 Å². The lowest BCUT2D eigenvalue weighted by atomic mass is 10.0. The third kappa shape index (κ3) is 58.9. The van der Waals surface area contributed by atoms with Crippen molar-refractivity contribution in [3.8, 4) is 0 Å². The van der Waals surface area contributed by atoms with Crippen molar-refractivity contribution < 1.29 is 32.9 Å². The standard InChI is InChI=1S/C65H131N2O6P/c1-6-8-10-12-14-16-18-20-22-24-26-28-29-30-31-32-33-34-35-36-37-39-41-43-45-47-49-51-53-55-57-59-65(69)66-63(62-73-74(70,71)72-61-60-67(3,4)5)64(68)58-56-54-52-50-48-46-44-42-40-38-27-25-23-21-19-17-15-13-11-9-7-2/h24,26,63-64,68H,6-23,25,27-62H2,1-5H3,(H-,66,69,70,71)/p+1/b26-24-. The summed E-state index contributed by atoms with van der Waals surface area (Å²) in [7, 11) is 1.64. The Morgan fingerprint density at radius 2 is 0.730 bits per heavy atom. The van der Waals surface area contributed by atoms with Crippen LogP contribution >= 0.6 is 7.82 Å². The second kappa shape index (κ2) is 56.9. The lowest BCUT2D eigenvalue weighted by Gasteiger charge is -2.26. The summed E-state index contributed by atoms with van der Waals surface area (Å²) < 4.78 is 23.9. The number of hydrogen-bond donors (Lipinski definition) is 3. The fraction of sp³-hybridized carbons (Fsp3) is 0.954. The SMILES string of the molecule is CCCCCCCCCC/C=C\CCCCCCCCCCCCCCCCCCCCCC(=O)NC(COP(=O)(O)OCC[N+](C)(C)C)C(O)CCCCCCCCCCCCCCCCCCCCCCC. The molecule has 0 aromatic carbocycles. The van der Waals surface area contributed by atoms with E-state index in [2.05, 4.69) is 31.3 Å². The van der Waals surface area contributed by atoms with E-state index < -0.39 is 20.0 Å². The van der Waals surface area contributed by atoms with Crippen molar-refractivity contribution in [2.45, 2.75) is 360 Å². The average molecular weight is 1070 g/mol. The van der Waals surface area contributed by atoms with Gasteiger partial charge in [0.05, 0.1) is 39.9 Å². The minimum Gasteiger partial charge on any atom is -0.391 e. The number of hydrogen-bond acceptors (Lipinski definition) is 5. The Bertz CT molecular complexity index is 1210. The van der Waals surface area contributed by atoms with Gasteiger partial charge in [0.2, 0.25) is 5.91 Å². The highest BCUT2D eigenvalue weighted by molar-refractivity contribution is 7.47. The van der Waals surface area contributed by atoms with Gasteiger partial charge in [0.25, 0.3) is 0 Å². The smallest absolute Gasteiger partial charge is 0.391 e. The summed E-state index contributed by atoms with van der Waals surface area (Å²) in [5.41, 5.74) is 0. The molecule has 3 unspecified atom stereocenters. The molecule has 74 heavy (non-hydrogen) atoms. The number of aliphatic hydroxyl groups is 1. The fourth-order valence-corrected chi connectivity index (χ4v) is 11.1. The molecule has 1 amide bonds. The molecule has 0 aromatic rings. The molecule has 0 aromatic heterocycles. The first-order valence-electron chi connectivity index (χ1n) is 33.1. The zero-order chi connectivity index (χ0) is 54.2. The number of unbranched alkanes of at least 4 members (excludes halogenated alkanes) is 47. The van der Waals surface area contributed by atoms with Crippen molar-refractivity contribution in [1.29, 1.82) is 0 Å². The Morgan fingerprint density at radius 3 is 1.04 bits per heavy atom. The minimum absolute atomic E-state index is 0.0783. The first kappa shape index (κ1) is 73.2. The molecule has 0 radical (unpaired) electrons. The molecule has 0 fully saturated rings. The van der Waals surface area contributed by atoms with E-state index in [0.717, 1.165) is 38.5 Å². The van der Waals surface area contributed by atoms with Gasteiger partial charge < -0.3 is 19.8 Å². The van der Waals surface area contributed by atoms with E-state index in [4.69, 9.17) is 9.05 Å². The first-order chi connectivity index (χ1) is 36.0. The van der Waals surface area contributed by atoms with E-state index in [0.29, 0.717) is 23.9 Å². The third-order valence-corrected chi connectivity index (χ3v) is 16.5. The summed E-state index contributed by atoms with van der Waals surface area (Å²) in [4.78, 5) is 23.4. The maximum atomic E-state index is 13.0. The molecule has 0 saturated carbocycles. The first-order valence-corrected chi connectivity index (χ1v) is 34.5. The van der Waals surface area contributed by atoms with Crippen molar-refractivity contribution in [2.75, 3.05) is 40.9 Å². The van der Waals surface area contributed by atoms with Gasteiger partial charge in [0.1, 0.15) is 13.2 Å². The molecule has 442 valence electrons.